The highest BCUT2D eigenvalue weighted by atomic mass is 35.5. The van der Waals surface area contributed by atoms with Gasteiger partial charge in [0.15, 0.2) is 5.11 Å². The fraction of sp³-hybridized carbons (Fsp3) is 0.350. The zero-order chi connectivity index (χ0) is 18.3. The van der Waals surface area contributed by atoms with Crippen molar-refractivity contribution in [3.05, 3.63) is 52.5 Å². The monoisotopic (exact) mass is 388 g/mol. The first kappa shape index (κ1) is 17.4. The van der Waals surface area contributed by atoms with E-state index >= 15 is 0 Å². The van der Waals surface area contributed by atoms with Crippen molar-refractivity contribution in [1.82, 2.24) is 4.90 Å². The number of rotatable bonds is 3. The summed E-state index contributed by atoms with van der Waals surface area (Å²) >= 11 is 11.9. The number of benzene rings is 2. The zero-order valence-corrected chi connectivity index (χ0v) is 16.4. The van der Waals surface area contributed by atoms with E-state index < -0.39 is 0 Å². The van der Waals surface area contributed by atoms with E-state index in [-0.39, 0.29) is 0 Å². The molecule has 0 aromatic heterocycles. The van der Waals surface area contributed by atoms with Crippen LogP contribution < -0.4 is 14.8 Å². The van der Waals surface area contributed by atoms with Gasteiger partial charge in [-0.1, -0.05) is 17.7 Å². The van der Waals surface area contributed by atoms with Crippen LogP contribution in [0.2, 0.25) is 5.02 Å². The molecular formula is C20H21ClN2O2S. The van der Waals surface area contributed by atoms with Gasteiger partial charge in [-0.2, -0.15) is 0 Å². The molecule has 136 valence electrons. The summed E-state index contributed by atoms with van der Waals surface area (Å²) in [6.07, 6.45) is 2.18. The molecule has 26 heavy (non-hydrogen) atoms. The first-order chi connectivity index (χ1) is 12.6. The average molecular weight is 389 g/mol. The van der Waals surface area contributed by atoms with E-state index in [1.165, 1.54) is 11.1 Å². The number of likely N-dealkylation sites (tertiary alicyclic amines) is 1. The number of nitrogens with one attached hydrogen (secondary N) is 1. The first-order valence-electron chi connectivity index (χ1n) is 8.69. The lowest BCUT2D eigenvalue weighted by Gasteiger charge is -2.36. The number of anilines is 1. The lowest BCUT2D eigenvalue weighted by molar-refractivity contribution is 0.252. The van der Waals surface area contributed by atoms with E-state index in [1.807, 2.05) is 24.3 Å². The minimum absolute atomic E-state index is 0.310. The van der Waals surface area contributed by atoms with Crippen molar-refractivity contribution in [2.45, 2.75) is 24.8 Å². The molecule has 2 bridgehead atoms. The van der Waals surface area contributed by atoms with Gasteiger partial charge in [0.1, 0.15) is 11.5 Å². The Morgan fingerprint density at radius 2 is 2.00 bits per heavy atom. The third-order valence-corrected chi connectivity index (χ3v) is 5.93. The molecule has 1 heterocycles. The lowest BCUT2D eigenvalue weighted by atomic mass is 9.96. The molecule has 1 aliphatic heterocycles. The van der Waals surface area contributed by atoms with E-state index in [0.717, 1.165) is 41.0 Å². The van der Waals surface area contributed by atoms with Crippen molar-refractivity contribution in [2.75, 3.05) is 26.1 Å². The van der Waals surface area contributed by atoms with Crippen LogP contribution in [0, 0.1) is 0 Å². The predicted molar refractivity (Wildman–Crippen MR) is 109 cm³/mol. The van der Waals surface area contributed by atoms with E-state index in [4.69, 9.17) is 33.3 Å². The molecule has 1 fully saturated rings. The second kappa shape index (κ2) is 6.97. The Hall–Kier alpha value is -1.98. The molecular weight excluding hydrogens is 368 g/mol. The Bertz CT molecular complexity index is 858. The Morgan fingerprint density at radius 3 is 2.77 bits per heavy atom. The topological polar surface area (TPSA) is 33.7 Å². The second-order valence-electron chi connectivity index (χ2n) is 6.70. The second-order valence-corrected chi connectivity index (χ2v) is 7.52. The van der Waals surface area contributed by atoms with Crippen molar-refractivity contribution in [1.29, 1.82) is 0 Å². The van der Waals surface area contributed by atoms with E-state index in [1.54, 1.807) is 14.2 Å². The van der Waals surface area contributed by atoms with E-state index in [9.17, 15) is 0 Å². The number of ether oxygens (including phenoxy) is 2. The van der Waals surface area contributed by atoms with Gasteiger partial charge < -0.3 is 19.7 Å². The molecule has 1 aliphatic carbocycles. The zero-order valence-electron chi connectivity index (χ0n) is 14.8. The Labute approximate surface area is 164 Å². The normalized spacial score (nSPS) is 20.5. The molecule has 4 rings (SSSR count). The van der Waals surface area contributed by atoms with Crippen molar-refractivity contribution in [3.63, 3.8) is 0 Å². The Balaban J connectivity index is 1.57. The van der Waals surface area contributed by atoms with Crippen LogP contribution >= 0.6 is 23.8 Å². The minimum atomic E-state index is 0.310. The Morgan fingerprint density at radius 1 is 1.15 bits per heavy atom. The van der Waals surface area contributed by atoms with Crippen LogP contribution in [-0.2, 0) is 0 Å². The van der Waals surface area contributed by atoms with Crippen LogP contribution in [-0.4, -0.2) is 30.8 Å². The molecule has 2 aromatic rings. The maximum absolute atomic E-state index is 6.20. The summed E-state index contributed by atoms with van der Waals surface area (Å²) in [4.78, 5) is 2.29. The highest BCUT2D eigenvalue weighted by Crippen LogP contribution is 2.49. The third-order valence-electron chi connectivity index (χ3n) is 5.36. The molecule has 0 amide bonds. The van der Waals surface area contributed by atoms with Crippen LogP contribution in [0.5, 0.6) is 11.5 Å². The fourth-order valence-corrected chi connectivity index (χ4v) is 4.59. The first-order valence-corrected chi connectivity index (χ1v) is 9.48. The molecule has 4 nitrogen and oxygen atoms in total. The van der Waals surface area contributed by atoms with Gasteiger partial charge in [-0.25, -0.2) is 0 Å². The largest absolute Gasteiger partial charge is 0.497 e. The standard InChI is InChI=1S/C20H21ClN2O2S/c1-24-14-4-6-17(19(11-14)25-2)22-20(26)23-8-7-12-9-18(23)15-5-3-13(21)10-16(12)15/h3-6,10-12,18H,7-9H2,1-2H3,(H,22,26)/t12?,18-/m1/s1. The van der Waals surface area contributed by atoms with Gasteiger partial charge in [-0.15, -0.1) is 0 Å². The van der Waals surface area contributed by atoms with Crippen molar-refractivity contribution < 1.29 is 9.47 Å². The van der Waals surface area contributed by atoms with Gasteiger partial charge in [-0.05, 0) is 66.4 Å². The highest BCUT2D eigenvalue weighted by molar-refractivity contribution is 7.80. The van der Waals surface area contributed by atoms with Crippen molar-refractivity contribution >= 4 is 34.6 Å². The van der Waals surface area contributed by atoms with E-state index in [2.05, 4.69) is 22.3 Å². The minimum Gasteiger partial charge on any atom is -0.497 e. The summed E-state index contributed by atoms with van der Waals surface area (Å²) in [5.41, 5.74) is 3.58. The summed E-state index contributed by atoms with van der Waals surface area (Å²) in [5, 5.41) is 4.89. The number of hydrogen-bond donors (Lipinski definition) is 1. The van der Waals surface area contributed by atoms with Crippen LogP contribution in [0.4, 0.5) is 5.69 Å². The van der Waals surface area contributed by atoms with Gasteiger partial charge in [0.05, 0.1) is 25.9 Å². The van der Waals surface area contributed by atoms with Crippen LogP contribution in [0.15, 0.2) is 36.4 Å². The lowest BCUT2D eigenvalue weighted by Crippen LogP contribution is -2.40. The molecule has 2 atom stereocenters. The average Bonchev–Trinajstić information content (AvgIpc) is 2.93. The number of piperidine rings is 1. The van der Waals surface area contributed by atoms with Gasteiger partial charge >= 0.3 is 0 Å². The molecule has 0 spiro atoms. The number of halogens is 1. The molecule has 2 aromatic carbocycles. The molecule has 1 saturated heterocycles. The van der Waals surface area contributed by atoms with Crippen LogP contribution in [0.25, 0.3) is 0 Å². The van der Waals surface area contributed by atoms with Crippen LogP contribution in [0.3, 0.4) is 0 Å². The smallest absolute Gasteiger partial charge is 0.174 e. The summed E-state index contributed by atoms with van der Waals surface area (Å²) in [7, 11) is 3.28. The summed E-state index contributed by atoms with van der Waals surface area (Å²) in [6.45, 7) is 0.936. The number of hydrogen-bond acceptors (Lipinski definition) is 3. The summed E-state index contributed by atoms with van der Waals surface area (Å²) < 4.78 is 10.7. The number of methoxy groups -OCH3 is 2. The molecule has 6 heteroatoms. The molecule has 0 saturated carbocycles. The maximum atomic E-state index is 6.20. The molecule has 1 N–H and O–H groups in total. The van der Waals surface area contributed by atoms with Gasteiger partial charge in [0.25, 0.3) is 0 Å². The van der Waals surface area contributed by atoms with E-state index in [0.29, 0.717) is 17.7 Å². The number of nitrogens with zero attached hydrogens (tertiary/aromatic N) is 1. The highest BCUT2D eigenvalue weighted by Gasteiger charge is 2.39. The fourth-order valence-electron chi connectivity index (χ4n) is 4.08. The summed E-state index contributed by atoms with van der Waals surface area (Å²) in [6, 6.07) is 12.2. The maximum Gasteiger partial charge on any atom is 0.174 e. The summed E-state index contributed by atoms with van der Waals surface area (Å²) in [5.74, 6) is 2.05. The third kappa shape index (κ3) is 2.99. The molecule has 0 radical (unpaired) electrons. The van der Waals surface area contributed by atoms with Crippen LogP contribution in [0.1, 0.15) is 35.9 Å². The number of thiocarbonyl (C=S) groups is 1. The van der Waals surface area contributed by atoms with Crippen molar-refractivity contribution in [2.24, 2.45) is 0 Å². The molecule has 1 unspecified atom stereocenters. The van der Waals surface area contributed by atoms with Gasteiger partial charge in [0.2, 0.25) is 0 Å². The predicted octanol–water partition coefficient (Wildman–Crippen LogP) is 4.99. The van der Waals surface area contributed by atoms with Crippen molar-refractivity contribution in [3.8, 4) is 11.5 Å². The number of fused-ring (bicyclic) bond motifs is 5. The van der Waals surface area contributed by atoms with Gasteiger partial charge in [-0.3, -0.25) is 0 Å². The SMILES string of the molecule is COc1ccc(NC(=S)N2CCC3C[C@@H]2c2ccc(Cl)cc23)c(OC)c1. The molecule has 2 aliphatic rings. The van der Waals surface area contributed by atoms with Gasteiger partial charge in [0, 0.05) is 17.6 Å². The Kier molecular flexibility index (Phi) is 4.67. The quantitative estimate of drug-likeness (QED) is 0.749.